The van der Waals surface area contributed by atoms with Crippen molar-refractivity contribution in [2.24, 2.45) is 5.92 Å². The minimum atomic E-state index is 0.299. The molecule has 1 atom stereocenters. The summed E-state index contributed by atoms with van der Waals surface area (Å²) >= 11 is 0. The number of hydrogen-bond donors (Lipinski definition) is 0. The van der Waals surface area contributed by atoms with Crippen LogP contribution >= 0.6 is 0 Å². The highest BCUT2D eigenvalue weighted by molar-refractivity contribution is 5.76. The highest BCUT2D eigenvalue weighted by Crippen LogP contribution is 2.24. The van der Waals surface area contributed by atoms with Crippen molar-refractivity contribution in [2.75, 3.05) is 39.4 Å². The molecule has 0 aliphatic carbocycles. The molecule has 2 aliphatic rings. The minimum Gasteiger partial charge on any atom is -0.378 e. The third kappa shape index (κ3) is 5.29. The van der Waals surface area contributed by atoms with Crippen LogP contribution < -0.4 is 0 Å². The van der Waals surface area contributed by atoms with Gasteiger partial charge in [-0.2, -0.15) is 5.10 Å². The normalized spacial score (nSPS) is 20.5. The molecule has 30 heavy (non-hydrogen) atoms. The zero-order valence-corrected chi connectivity index (χ0v) is 18.3. The molecule has 0 N–H and O–H groups in total. The molecule has 1 aromatic carbocycles. The van der Waals surface area contributed by atoms with Gasteiger partial charge in [0.15, 0.2) is 0 Å². The van der Waals surface area contributed by atoms with Gasteiger partial charge in [-0.15, -0.1) is 0 Å². The summed E-state index contributed by atoms with van der Waals surface area (Å²) in [6.45, 7) is 10.2. The average Bonchev–Trinajstić information content (AvgIpc) is 3.11. The molecule has 1 aromatic heterocycles. The molecular formula is C24H34N4O2. The largest absolute Gasteiger partial charge is 0.378 e. The zero-order valence-electron chi connectivity index (χ0n) is 18.3. The van der Waals surface area contributed by atoms with Crippen LogP contribution in [0.25, 0.3) is 5.69 Å². The Hall–Kier alpha value is -2.18. The van der Waals surface area contributed by atoms with Crippen molar-refractivity contribution in [2.45, 2.75) is 46.1 Å². The van der Waals surface area contributed by atoms with E-state index in [1.807, 2.05) is 16.5 Å². The molecule has 2 aromatic rings. The van der Waals surface area contributed by atoms with Crippen LogP contribution in [0.5, 0.6) is 0 Å². The number of piperidine rings is 1. The van der Waals surface area contributed by atoms with E-state index in [1.54, 1.807) is 0 Å². The first-order valence-electron chi connectivity index (χ1n) is 11.3. The fourth-order valence-electron chi connectivity index (χ4n) is 4.76. The van der Waals surface area contributed by atoms with Crippen LogP contribution in [0, 0.1) is 19.8 Å². The molecule has 2 saturated heterocycles. The van der Waals surface area contributed by atoms with Crippen LogP contribution in [0.3, 0.4) is 0 Å². The van der Waals surface area contributed by atoms with Crippen LogP contribution in [0.1, 0.15) is 42.6 Å². The minimum absolute atomic E-state index is 0.299. The Morgan fingerprint density at radius 1 is 1.17 bits per heavy atom. The van der Waals surface area contributed by atoms with Crippen molar-refractivity contribution in [1.29, 1.82) is 0 Å². The highest BCUT2D eigenvalue weighted by Gasteiger charge is 2.23. The molecule has 4 rings (SSSR count). The molecular weight excluding hydrogens is 376 g/mol. The topological polar surface area (TPSA) is 50.6 Å². The molecule has 0 radical (unpaired) electrons. The fourth-order valence-corrected chi connectivity index (χ4v) is 4.76. The number of aromatic nitrogens is 2. The molecule has 0 unspecified atom stereocenters. The van der Waals surface area contributed by atoms with E-state index in [0.717, 1.165) is 56.2 Å². The van der Waals surface area contributed by atoms with Crippen LogP contribution in [-0.4, -0.2) is 64.9 Å². The summed E-state index contributed by atoms with van der Waals surface area (Å²) in [4.78, 5) is 17.0. The van der Waals surface area contributed by atoms with Crippen LogP contribution in [-0.2, 0) is 16.1 Å². The van der Waals surface area contributed by atoms with Gasteiger partial charge in [-0.25, -0.2) is 4.68 Å². The quantitative estimate of drug-likeness (QED) is 0.733. The van der Waals surface area contributed by atoms with Crippen molar-refractivity contribution >= 4 is 5.91 Å². The number of ether oxygens (including phenoxy) is 1. The van der Waals surface area contributed by atoms with Gasteiger partial charge in [-0.05, 0) is 69.3 Å². The third-order valence-electron chi connectivity index (χ3n) is 6.30. The van der Waals surface area contributed by atoms with Crippen molar-refractivity contribution in [3.63, 3.8) is 0 Å². The average molecular weight is 411 g/mol. The van der Waals surface area contributed by atoms with E-state index < -0.39 is 0 Å². The molecule has 0 saturated carbocycles. The first-order valence-corrected chi connectivity index (χ1v) is 11.3. The number of aryl methyl sites for hydroxylation is 2. The predicted molar refractivity (Wildman–Crippen MR) is 118 cm³/mol. The summed E-state index contributed by atoms with van der Waals surface area (Å²) < 4.78 is 7.38. The van der Waals surface area contributed by atoms with E-state index in [1.165, 1.54) is 18.4 Å². The fraction of sp³-hybridized carbons (Fsp3) is 0.583. The van der Waals surface area contributed by atoms with Gasteiger partial charge in [0.25, 0.3) is 0 Å². The summed E-state index contributed by atoms with van der Waals surface area (Å²) in [6.07, 6.45) is 4.12. The lowest BCUT2D eigenvalue weighted by molar-refractivity contribution is -0.135. The van der Waals surface area contributed by atoms with Crippen LogP contribution in [0.2, 0.25) is 0 Å². The monoisotopic (exact) mass is 410 g/mol. The van der Waals surface area contributed by atoms with E-state index in [9.17, 15) is 4.79 Å². The number of morpholine rings is 1. The number of carbonyl (C=O) groups is 1. The van der Waals surface area contributed by atoms with E-state index >= 15 is 0 Å². The molecule has 6 heteroatoms. The Labute approximate surface area is 179 Å². The Balaban J connectivity index is 1.31. The van der Waals surface area contributed by atoms with Crippen LogP contribution in [0.4, 0.5) is 0 Å². The first-order chi connectivity index (χ1) is 14.6. The van der Waals surface area contributed by atoms with Gasteiger partial charge < -0.3 is 9.64 Å². The highest BCUT2D eigenvalue weighted by atomic mass is 16.5. The maximum Gasteiger partial charge on any atom is 0.222 e. The van der Waals surface area contributed by atoms with Gasteiger partial charge in [-0.3, -0.25) is 9.69 Å². The van der Waals surface area contributed by atoms with Crippen molar-refractivity contribution in [3.8, 4) is 5.69 Å². The summed E-state index contributed by atoms with van der Waals surface area (Å²) in [5.41, 5.74) is 4.66. The van der Waals surface area contributed by atoms with Gasteiger partial charge in [0.2, 0.25) is 5.91 Å². The Morgan fingerprint density at radius 2 is 2.00 bits per heavy atom. The Bertz CT molecular complexity index is 857. The van der Waals surface area contributed by atoms with Gasteiger partial charge in [0.1, 0.15) is 0 Å². The summed E-state index contributed by atoms with van der Waals surface area (Å²) in [5.74, 6) is 0.913. The molecule has 1 amide bonds. The van der Waals surface area contributed by atoms with Gasteiger partial charge in [0, 0.05) is 38.3 Å². The zero-order chi connectivity index (χ0) is 20.9. The lowest BCUT2D eigenvalue weighted by Gasteiger charge is -2.33. The van der Waals surface area contributed by atoms with Crippen molar-refractivity contribution in [3.05, 3.63) is 47.3 Å². The molecule has 3 heterocycles. The second-order valence-corrected chi connectivity index (χ2v) is 8.78. The maximum absolute atomic E-state index is 12.5. The van der Waals surface area contributed by atoms with E-state index in [4.69, 9.17) is 4.74 Å². The Kier molecular flexibility index (Phi) is 6.85. The third-order valence-corrected chi connectivity index (χ3v) is 6.30. The smallest absolute Gasteiger partial charge is 0.222 e. The molecule has 2 fully saturated rings. The number of nitrogens with zero attached hydrogens (tertiary/aromatic N) is 4. The first kappa shape index (κ1) is 21.1. The van der Waals surface area contributed by atoms with E-state index in [0.29, 0.717) is 31.5 Å². The molecule has 2 aliphatic heterocycles. The predicted octanol–water partition coefficient (Wildman–Crippen LogP) is 3.34. The Morgan fingerprint density at radius 3 is 2.77 bits per heavy atom. The number of likely N-dealkylation sites (tertiary alicyclic amines) is 1. The van der Waals surface area contributed by atoms with Gasteiger partial charge in [0.05, 0.1) is 24.6 Å². The number of benzene rings is 1. The molecule has 0 spiro atoms. The second-order valence-electron chi connectivity index (χ2n) is 8.78. The second kappa shape index (κ2) is 9.75. The number of carbonyl (C=O) groups excluding carboxylic acids is 1. The lowest BCUT2D eigenvalue weighted by atomic mass is 9.92. The lowest BCUT2D eigenvalue weighted by Crippen LogP contribution is -2.41. The molecule has 0 bridgehead atoms. The number of hydrogen-bond acceptors (Lipinski definition) is 4. The summed E-state index contributed by atoms with van der Waals surface area (Å²) in [6, 6.07) is 10.8. The molecule has 162 valence electrons. The standard InChI is InChI=1S/C24H34N4O2/c1-19-15-20(2)28(25-19)23-7-3-5-22(16-23)18-26-10-4-6-21(17-26)8-9-24(29)27-11-13-30-14-12-27/h3,5,7,15-16,21H,4,6,8-14,17-18H2,1-2H3/t21-/m0/s1. The number of rotatable bonds is 6. The van der Waals surface area contributed by atoms with E-state index in [2.05, 4.69) is 47.3 Å². The maximum atomic E-state index is 12.5. The SMILES string of the molecule is Cc1cc(C)n(-c2cccc(CN3CCC[C@@H](CCC(=O)N4CCOCC4)C3)c2)n1. The van der Waals surface area contributed by atoms with Gasteiger partial charge >= 0.3 is 0 Å². The van der Waals surface area contributed by atoms with Crippen molar-refractivity contribution < 1.29 is 9.53 Å². The van der Waals surface area contributed by atoms with E-state index in [-0.39, 0.29) is 0 Å². The van der Waals surface area contributed by atoms with Crippen molar-refractivity contribution in [1.82, 2.24) is 19.6 Å². The van der Waals surface area contributed by atoms with Crippen LogP contribution in [0.15, 0.2) is 30.3 Å². The number of amides is 1. The molecule has 6 nitrogen and oxygen atoms in total. The van der Waals surface area contributed by atoms with Gasteiger partial charge in [-0.1, -0.05) is 12.1 Å². The summed E-state index contributed by atoms with van der Waals surface area (Å²) in [5, 5.41) is 4.62. The summed E-state index contributed by atoms with van der Waals surface area (Å²) in [7, 11) is 0.